The van der Waals surface area contributed by atoms with Crippen LogP contribution < -0.4 is 0 Å². The Kier molecular flexibility index (Phi) is 4.44. The van der Waals surface area contributed by atoms with Crippen molar-refractivity contribution in [3.8, 4) is 11.1 Å². The summed E-state index contributed by atoms with van der Waals surface area (Å²) in [4.78, 5) is 0. The van der Waals surface area contributed by atoms with E-state index in [-0.39, 0.29) is 10.8 Å². The van der Waals surface area contributed by atoms with E-state index in [9.17, 15) is 0 Å². The van der Waals surface area contributed by atoms with Gasteiger partial charge in [0.25, 0.3) is 0 Å². The molecule has 0 radical (unpaired) electrons. The average Bonchev–Trinajstić information content (AvgIpc) is 3.45. The second-order valence-corrected chi connectivity index (χ2v) is 11.8. The molecule has 3 unspecified atom stereocenters. The summed E-state index contributed by atoms with van der Waals surface area (Å²) in [7, 11) is 0. The summed E-state index contributed by atoms with van der Waals surface area (Å²) in [6, 6.07) is 27.6. The zero-order chi connectivity index (χ0) is 23.0. The van der Waals surface area contributed by atoms with E-state index in [1.54, 1.807) is 5.57 Å². The first-order valence-electron chi connectivity index (χ1n) is 12.5. The Morgan fingerprint density at radius 1 is 0.788 bits per heavy atom. The van der Waals surface area contributed by atoms with Crippen LogP contribution in [0.1, 0.15) is 68.2 Å². The molecule has 6 rings (SSSR count). The van der Waals surface area contributed by atoms with E-state index in [4.69, 9.17) is 0 Å². The molecule has 166 valence electrons. The van der Waals surface area contributed by atoms with Gasteiger partial charge in [-0.2, -0.15) is 0 Å². The Balaban J connectivity index is 1.54. The Bertz CT molecular complexity index is 1250. The monoisotopic (exact) mass is 430 g/mol. The first-order chi connectivity index (χ1) is 15.8. The van der Waals surface area contributed by atoms with Crippen LogP contribution in [-0.4, -0.2) is 0 Å². The van der Waals surface area contributed by atoms with Gasteiger partial charge in [0.05, 0.1) is 0 Å². The van der Waals surface area contributed by atoms with Crippen molar-refractivity contribution in [2.24, 2.45) is 16.7 Å². The van der Waals surface area contributed by atoms with Crippen LogP contribution >= 0.6 is 0 Å². The highest BCUT2D eigenvalue weighted by Gasteiger charge is 2.55. The minimum Gasteiger partial charge on any atom is -0.0730 e. The lowest BCUT2D eigenvalue weighted by Gasteiger charge is -2.37. The van der Waals surface area contributed by atoms with Crippen LogP contribution in [0.4, 0.5) is 0 Å². The minimum atomic E-state index is 0.136. The molecule has 0 saturated heterocycles. The molecule has 0 amide bonds. The second kappa shape index (κ2) is 7.07. The van der Waals surface area contributed by atoms with Gasteiger partial charge in [-0.1, -0.05) is 124 Å². The van der Waals surface area contributed by atoms with Crippen molar-refractivity contribution >= 4 is 0 Å². The van der Waals surface area contributed by atoms with Gasteiger partial charge in [-0.15, -0.1) is 0 Å². The summed E-state index contributed by atoms with van der Waals surface area (Å²) >= 11 is 0. The van der Waals surface area contributed by atoms with Crippen molar-refractivity contribution in [2.45, 2.75) is 52.9 Å². The molecule has 0 bridgehead atoms. The van der Waals surface area contributed by atoms with Crippen LogP contribution in [-0.2, 0) is 0 Å². The molecule has 0 spiro atoms. The number of hydrogen-bond donors (Lipinski definition) is 0. The van der Waals surface area contributed by atoms with Crippen molar-refractivity contribution in [1.29, 1.82) is 0 Å². The molecule has 0 aliphatic heterocycles. The third kappa shape index (κ3) is 3.03. The number of aryl methyl sites for hydroxylation is 1. The summed E-state index contributed by atoms with van der Waals surface area (Å²) in [5, 5.41) is 0. The summed E-state index contributed by atoms with van der Waals surface area (Å²) < 4.78 is 0. The molecule has 0 N–H and O–H groups in total. The molecule has 3 aromatic carbocycles. The van der Waals surface area contributed by atoms with Crippen LogP contribution in [0.15, 0.2) is 96.1 Å². The lowest BCUT2D eigenvalue weighted by atomic mass is 9.65. The van der Waals surface area contributed by atoms with Gasteiger partial charge < -0.3 is 0 Å². The van der Waals surface area contributed by atoms with E-state index in [2.05, 4.69) is 120 Å². The first-order valence-corrected chi connectivity index (χ1v) is 12.5. The number of benzene rings is 3. The maximum absolute atomic E-state index is 2.63. The van der Waals surface area contributed by atoms with Gasteiger partial charge in [-0.25, -0.2) is 0 Å². The average molecular weight is 431 g/mol. The topological polar surface area (TPSA) is 0 Å². The highest BCUT2D eigenvalue weighted by atomic mass is 14.6. The molecule has 3 aromatic rings. The van der Waals surface area contributed by atoms with Crippen LogP contribution in [0, 0.1) is 23.7 Å². The molecule has 3 aliphatic rings. The highest BCUT2D eigenvalue weighted by Crippen LogP contribution is 2.67. The van der Waals surface area contributed by atoms with Crippen molar-refractivity contribution in [2.75, 3.05) is 0 Å². The number of fused-ring (bicyclic) bond motifs is 4. The van der Waals surface area contributed by atoms with Gasteiger partial charge in [-0.3, -0.25) is 0 Å². The van der Waals surface area contributed by atoms with E-state index in [0.717, 1.165) is 0 Å². The standard InChI is InChI=1S/C33H34/c1-21-14-16-22(17-15-21)29-20-33(5,30-19-23(18-28(29)30)32(2,3)4)31-26-12-8-6-10-24(26)25-11-7-9-13-27(25)31/h6-19,29-31H,20H2,1-5H3. The molecule has 1 fully saturated rings. The van der Waals surface area contributed by atoms with Gasteiger partial charge in [0.15, 0.2) is 0 Å². The van der Waals surface area contributed by atoms with Gasteiger partial charge in [-0.05, 0) is 57.6 Å². The largest absolute Gasteiger partial charge is 0.0730 e. The van der Waals surface area contributed by atoms with Crippen molar-refractivity contribution in [3.63, 3.8) is 0 Å². The van der Waals surface area contributed by atoms with E-state index >= 15 is 0 Å². The van der Waals surface area contributed by atoms with Crippen molar-refractivity contribution in [1.82, 2.24) is 0 Å². The Hall–Kier alpha value is -2.86. The fraction of sp³-hybridized carbons (Fsp3) is 0.333. The Morgan fingerprint density at radius 2 is 1.36 bits per heavy atom. The predicted octanol–water partition coefficient (Wildman–Crippen LogP) is 8.83. The number of rotatable bonds is 2. The molecule has 3 aliphatic carbocycles. The summed E-state index contributed by atoms with van der Waals surface area (Å²) in [6.07, 6.45) is 6.38. The minimum absolute atomic E-state index is 0.136. The smallest absolute Gasteiger partial charge is 0.0164 e. The van der Waals surface area contributed by atoms with Crippen LogP contribution in [0.5, 0.6) is 0 Å². The van der Waals surface area contributed by atoms with Crippen LogP contribution in [0.25, 0.3) is 11.1 Å². The second-order valence-electron chi connectivity index (χ2n) is 11.8. The lowest BCUT2D eigenvalue weighted by molar-refractivity contribution is 0.245. The summed E-state index contributed by atoms with van der Waals surface area (Å²) in [5.74, 6) is 1.38. The maximum atomic E-state index is 2.63. The molecule has 3 atom stereocenters. The third-order valence-electron chi connectivity index (χ3n) is 8.62. The zero-order valence-electron chi connectivity index (χ0n) is 20.5. The van der Waals surface area contributed by atoms with Crippen molar-refractivity contribution < 1.29 is 0 Å². The zero-order valence-corrected chi connectivity index (χ0v) is 20.5. The predicted molar refractivity (Wildman–Crippen MR) is 139 cm³/mol. The van der Waals surface area contributed by atoms with Crippen molar-refractivity contribution in [3.05, 3.63) is 118 Å². The van der Waals surface area contributed by atoms with Gasteiger partial charge >= 0.3 is 0 Å². The normalized spacial score (nSPS) is 26.0. The first kappa shape index (κ1) is 20.7. The molecule has 0 nitrogen and oxygen atoms in total. The fourth-order valence-electron chi connectivity index (χ4n) is 6.91. The molecule has 0 heterocycles. The Labute approximate surface area is 199 Å². The SMILES string of the molecule is Cc1ccc(C2CC(C)(C3c4ccccc4-c4ccccc43)C3C=C(C(C)(C)C)C=C23)cc1. The quantitative estimate of drug-likeness (QED) is 0.381. The number of allylic oxidation sites excluding steroid dienone is 4. The van der Waals surface area contributed by atoms with Crippen LogP contribution in [0.2, 0.25) is 0 Å². The molecular weight excluding hydrogens is 396 g/mol. The third-order valence-corrected chi connectivity index (χ3v) is 8.62. The molecular formula is C33H34. The molecule has 33 heavy (non-hydrogen) atoms. The van der Waals surface area contributed by atoms with E-state index in [0.29, 0.717) is 17.8 Å². The van der Waals surface area contributed by atoms with E-state index in [1.165, 1.54) is 45.4 Å². The lowest BCUT2D eigenvalue weighted by Crippen LogP contribution is -2.29. The van der Waals surface area contributed by atoms with Gasteiger partial charge in [0.1, 0.15) is 0 Å². The van der Waals surface area contributed by atoms with Crippen LogP contribution in [0.3, 0.4) is 0 Å². The van der Waals surface area contributed by atoms with E-state index in [1.807, 2.05) is 0 Å². The fourth-order valence-corrected chi connectivity index (χ4v) is 6.91. The molecule has 0 heteroatoms. The molecule has 1 saturated carbocycles. The number of hydrogen-bond acceptors (Lipinski definition) is 0. The molecule has 0 aromatic heterocycles. The van der Waals surface area contributed by atoms with Gasteiger partial charge in [0.2, 0.25) is 0 Å². The highest BCUT2D eigenvalue weighted by molar-refractivity contribution is 5.79. The van der Waals surface area contributed by atoms with Gasteiger partial charge in [0, 0.05) is 17.8 Å². The maximum Gasteiger partial charge on any atom is 0.0164 e. The Morgan fingerprint density at radius 3 is 1.94 bits per heavy atom. The summed E-state index contributed by atoms with van der Waals surface area (Å²) in [5.41, 5.74) is 12.2. The van der Waals surface area contributed by atoms with E-state index < -0.39 is 0 Å². The summed E-state index contributed by atoms with van der Waals surface area (Å²) in [6.45, 7) is 11.8.